The van der Waals surface area contributed by atoms with E-state index in [-0.39, 0.29) is 0 Å². The maximum Gasteiger partial charge on any atom is 0.195 e. The Morgan fingerprint density at radius 3 is 2.56 bits per heavy atom. The van der Waals surface area contributed by atoms with Gasteiger partial charge in [-0.1, -0.05) is 0 Å². The minimum Gasteiger partial charge on any atom is -0.394 e. The highest BCUT2D eigenvalue weighted by molar-refractivity contribution is 6.14. The monoisotopic (exact) mass is 228 g/mol. The van der Waals surface area contributed by atoms with Gasteiger partial charge < -0.3 is 20.1 Å². The van der Waals surface area contributed by atoms with Crippen molar-refractivity contribution in [2.75, 3.05) is 6.61 Å². The summed E-state index contributed by atoms with van der Waals surface area (Å²) in [6, 6.07) is 0. The molecule has 1 saturated heterocycles. The van der Waals surface area contributed by atoms with E-state index in [1.165, 1.54) is 0 Å². The van der Waals surface area contributed by atoms with Crippen LogP contribution in [-0.4, -0.2) is 53.3 Å². The second-order valence-corrected chi connectivity index (χ2v) is 4.04. The Morgan fingerprint density at radius 1 is 1.62 bits per heavy atom. The first-order valence-electron chi connectivity index (χ1n) is 4.82. The smallest absolute Gasteiger partial charge is 0.195 e. The number of hydrogen-bond acceptors (Lipinski definition) is 4. The third-order valence-electron chi connectivity index (χ3n) is 2.43. The van der Waals surface area contributed by atoms with Crippen molar-refractivity contribution in [3.05, 3.63) is 17.4 Å². The van der Waals surface area contributed by atoms with E-state index in [4.69, 9.17) is 13.0 Å². The van der Waals surface area contributed by atoms with Crippen LogP contribution in [-0.2, 0) is 4.74 Å². The third-order valence-corrected chi connectivity index (χ3v) is 2.43. The molecule has 0 aromatic rings. The molecule has 1 aliphatic heterocycles. The molecule has 0 spiro atoms. The Labute approximate surface area is 94.5 Å². The lowest BCUT2D eigenvalue weighted by molar-refractivity contribution is -0.144. The predicted molar refractivity (Wildman–Crippen MR) is 55.5 cm³/mol. The Hall–Kier alpha value is -0.645. The summed E-state index contributed by atoms with van der Waals surface area (Å²) in [5.74, 6) is -2.96. The highest BCUT2D eigenvalue weighted by Gasteiger charge is 2.61. The summed E-state index contributed by atoms with van der Waals surface area (Å²) in [6.45, 7) is 2.72. The van der Waals surface area contributed by atoms with E-state index in [1.54, 1.807) is 13.8 Å². The number of aliphatic hydroxyl groups excluding tert-OH is 2. The van der Waals surface area contributed by atoms with Crippen LogP contribution in [0, 0.1) is 0 Å². The molecule has 0 saturated carbocycles. The van der Waals surface area contributed by atoms with E-state index >= 15 is 0 Å². The maximum atomic E-state index is 13.8. The number of aliphatic hydroxyl groups is 3. The number of hydrogen-bond donors (Lipinski definition) is 3. The van der Waals surface area contributed by atoms with Gasteiger partial charge in [0.1, 0.15) is 12.2 Å². The minimum atomic E-state index is -2.96. The van der Waals surface area contributed by atoms with Crippen LogP contribution in [0.4, 0.5) is 4.39 Å². The Kier molecular flexibility index (Phi) is 3.62. The van der Waals surface area contributed by atoms with Crippen molar-refractivity contribution in [3.8, 4) is 0 Å². The fourth-order valence-electron chi connectivity index (χ4n) is 1.44. The van der Waals surface area contributed by atoms with Crippen LogP contribution in [0.3, 0.4) is 0 Å². The zero-order chi connectivity index (χ0) is 12.6. The molecule has 0 bridgehead atoms. The van der Waals surface area contributed by atoms with Crippen molar-refractivity contribution >= 4 is 7.85 Å². The summed E-state index contributed by atoms with van der Waals surface area (Å²) < 4.78 is 18.3. The lowest BCUT2D eigenvalue weighted by Crippen LogP contribution is -2.53. The molecule has 0 aromatic carbocycles. The van der Waals surface area contributed by atoms with Gasteiger partial charge in [0, 0.05) is 0 Å². The van der Waals surface area contributed by atoms with Crippen LogP contribution in [0.1, 0.15) is 13.8 Å². The summed E-state index contributed by atoms with van der Waals surface area (Å²) in [7, 11) is 5.11. The molecule has 4 atom stereocenters. The highest BCUT2D eigenvalue weighted by atomic mass is 19.2. The molecule has 0 aliphatic carbocycles. The van der Waals surface area contributed by atoms with Gasteiger partial charge in [0.25, 0.3) is 0 Å². The highest BCUT2D eigenvalue weighted by Crippen LogP contribution is 2.39. The molecule has 1 rings (SSSR count). The van der Waals surface area contributed by atoms with E-state index in [0.29, 0.717) is 5.57 Å². The first-order chi connectivity index (χ1) is 7.24. The third kappa shape index (κ3) is 2.07. The van der Waals surface area contributed by atoms with Gasteiger partial charge >= 0.3 is 0 Å². The number of alkyl halides is 1. The molecule has 3 N–H and O–H groups in total. The van der Waals surface area contributed by atoms with E-state index in [2.05, 4.69) is 10.5 Å². The molecule has 0 amide bonds. The number of halogens is 1. The van der Waals surface area contributed by atoms with Crippen LogP contribution in [0.25, 0.3) is 0 Å². The lowest BCUT2D eigenvalue weighted by Gasteiger charge is -2.30. The van der Waals surface area contributed by atoms with Crippen LogP contribution >= 0.6 is 0 Å². The average Bonchev–Trinajstić information content (AvgIpc) is 2.36. The first-order valence-corrected chi connectivity index (χ1v) is 4.82. The molecule has 88 valence electrons. The summed E-state index contributed by atoms with van der Waals surface area (Å²) >= 11 is 0. The van der Waals surface area contributed by atoms with E-state index < -0.39 is 30.2 Å². The van der Waals surface area contributed by atoms with Crippen LogP contribution < -0.4 is 0 Å². The summed E-state index contributed by atoms with van der Waals surface area (Å²) in [6.07, 6.45) is -2.00. The number of ether oxygens (including phenoxy) is 1. The quantitative estimate of drug-likeness (QED) is 0.435. The van der Waals surface area contributed by atoms with Gasteiger partial charge in [0.05, 0.1) is 6.61 Å². The fraction of sp³-hybridized carbons (Fsp3) is 0.700. The normalized spacial score (nSPS) is 42.9. The SMILES string of the molecule is [B][C@]1(F)O[C@H](CO)[C@H](O)C1(O)C=C=C(C)C. The molecule has 2 radical (unpaired) electrons. The molecule has 16 heavy (non-hydrogen) atoms. The van der Waals surface area contributed by atoms with Gasteiger partial charge in [-0.3, -0.25) is 0 Å². The van der Waals surface area contributed by atoms with Crippen molar-refractivity contribution in [1.29, 1.82) is 0 Å². The fourth-order valence-corrected chi connectivity index (χ4v) is 1.44. The average molecular weight is 228 g/mol. The van der Waals surface area contributed by atoms with E-state index in [0.717, 1.165) is 6.08 Å². The zero-order valence-corrected chi connectivity index (χ0v) is 9.14. The van der Waals surface area contributed by atoms with Crippen LogP contribution in [0.15, 0.2) is 17.4 Å². The number of rotatable bonds is 2. The van der Waals surface area contributed by atoms with Crippen molar-refractivity contribution in [2.45, 2.75) is 37.4 Å². The predicted octanol–water partition coefficient (Wildman–Crippen LogP) is -0.617. The van der Waals surface area contributed by atoms with Crippen molar-refractivity contribution in [1.82, 2.24) is 0 Å². The van der Waals surface area contributed by atoms with E-state index in [9.17, 15) is 14.6 Å². The minimum absolute atomic E-state index is 0.644. The molecular formula is C10H14BFO4. The van der Waals surface area contributed by atoms with Gasteiger partial charge in [-0.25, -0.2) is 4.39 Å². The van der Waals surface area contributed by atoms with Crippen molar-refractivity contribution in [2.24, 2.45) is 0 Å². The second kappa shape index (κ2) is 4.32. The molecule has 6 heteroatoms. The molecule has 4 nitrogen and oxygen atoms in total. The Bertz CT molecular complexity index is 334. The molecular weight excluding hydrogens is 214 g/mol. The standard InChI is InChI=1S/C10H14BFO4/c1-6(2)3-4-9(15)8(14)7(5-13)16-10(9,11)12/h4,7-8,13-15H,5H2,1-2H3/t7-,8+,9?,10-/m1/s1. The second-order valence-electron chi connectivity index (χ2n) is 4.04. The van der Waals surface area contributed by atoms with Crippen molar-refractivity contribution in [3.63, 3.8) is 0 Å². The summed E-state index contributed by atoms with van der Waals surface area (Å²) in [5.41, 5.74) is 0.810. The van der Waals surface area contributed by atoms with Gasteiger partial charge in [-0.2, -0.15) is 0 Å². The topological polar surface area (TPSA) is 69.9 Å². The maximum absolute atomic E-state index is 13.8. The van der Waals surface area contributed by atoms with Crippen LogP contribution in [0.2, 0.25) is 0 Å². The molecule has 1 unspecified atom stereocenters. The largest absolute Gasteiger partial charge is 0.394 e. The van der Waals surface area contributed by atoms with Gasteiger partial charge in [-0.15, -0.1) is 5.73 Å². The summed E-state index contributed by atoms with van der Waals surface area (Å²) in [5, 5.41) is 28.4. The van der Waals surface area contributed by atoms with Crippen molar-refractivity contribution < 1.29 is 24.4 Å². The van der Waals surface area contributed by atoms with Gasteiger partial charge in [0.15, 0.2) is 19.2 Å². The Morgan fingerprint density at radius 2 is 2.19 bits per heavy atom. The van der Waals surface area contributed by atoms with Gasteiger partial charge in [0.2, 0.25) is 0 Å². The molecule has 1 heterocycles. The van der Waals surface area contributed by atoms with Crippen LogP contribution in [0.5, 0.6) is 0 Å². The Balaban J connectivity index is 3.14. The molecule has 1 aliphatic rings. The zero-order valence-electron chi connectivity index (χ0n) is 9.14. The molecule has 0 aromatic heterocycles. The first kappa shape index (κ1) is 13.4. The molecule has 1 fully saturated rings. The van der Waals surface area contributed by atoms with E-state index in [1.807, 2.05) is 0 Å². The summed E-state index contributed by atoms with van der Waals surface area (Å²) in [4.78, 5) is 0. The lowest BCUT2D eigenvalue weighted by atomic mass is 9.77. The van der Waals surface area contributed by atoms with Gasteiger partial charge in [-0.05, 0) is 25.5 Å².